The summed E-state index contributed by atoms with van der Waals surface area (Å²) >= 11 is 0. The van der Waals surface area contributed by atoms with Crippen molar-refractivity contribution in [3.63, 3.8) is 0 Å². The van der Waals surface area contributed by atoms with Crippen LogP contribution in [0.5, 0.6) is 11.5 Å². The zero-order chi connectivity index (χ0) is 7.56. The molecule has 0 unspecified atom stereocenters. The molecular weight excluding hydrogens is 127 g/mol. The van der Waals surface area contributed by atoms with Crippen LogP contribution in [-0.2, 0) is 0 Å². The van der Waals surface area contributed by atoms with Gasteiger partial charge in [0.2, 0.25) is 0 Å². The zero-order valence-electron chi connectivity index (χ0n) is 5.66. The largest absolute Gasteiger partial charge is 0.504 e. The van der Waals surface area contributed by atoms with Crippen molar-refractivity contribution in [3.8, 4) is 11.5 Å². The van der Waals surface area contributed by atoms with Crippen LogP contribution in [0.2, 0.25) is 0 Å². The standard InChI is InChI=1S/C7H7BO2/c1-10-7-4-5(8)2-3-6(7)9/h2-4,9H,1H3. The summed E-state index contributed by atoms with van der Waals surface area (Å²) in [7, 11) is 6.89. The van der Waals surface area contributed by atoms with Gasteiger partial charge in [0.15, 0.2) is 11.5 Å². The number of benzene rings is 1. The van der Waals surface area contributed by atoms with Gasteiger partial charge in [-0.3, -0.25) is 0 Å². The Morgan fingerprint density at radius 3 is 2.70 bits per heavy atom. The average Bonchev–Trinajstić information content (AvgIpc) is 1.94. The molecule has 2 nitrogen and oxygen atoms in total. The Bertz CT molecular complexity index is 235. The predicted molar refractivity (Wildman–Crippen MR) is 40.0 cm³/mol. The number of rotatable bonds is 1. The van der Waals surface area contributed by atoms with Crippen LogP contribution in [0, 0.1) is 0 Å². The summed E-state index contributed by atoms with van der Waals surface area (Å²) in [6.45, 7) is 0. The summed E-state index contributed by atoms with van der Waals surface area (Å²) in [4.78, 5) is 0. The highest BCUT2D eigenvalue weighted by Gasteiger charge is 1.97. The van der Waals surface area contributed by atoms with E-state index in [4.69, 9.17) is 17.7 Å². The lowest BCUT2D eigenvalue weighted by molar-refractivity contribution is 0.374. The van der Waals surface area contributed by atoms with Crippen LogP contribution < -0.4 is 10.2 Å². The molecule has 1 N–H and O–H groups in total. The van der Waals surface area contributed by atoms with Crippen molar-refractivity contribution in [3.05, 3.63) is 18.2 Å². The molecule has 1 aromatic carbocycles. The van der Waals surface area contributed by atoms with Gasteiger partial charge in [-0.05, 0) is 12.1 Å². The fraction of sp³-hybridized carbons (Fsp3) is 0.143. The van der Waals surface area contributed by atoms with Crippen molar-refractivity contribution in [2.24, 2.45) is 0 Å². The Balaban J connectivity index is 3.09. The first-order valence-electron chi connectivity index (χ1n) is 2.86. The lowest BCUT2D eigenvalue weighted by Gasteiger charge is -2.02. The average molecular weight is 134 g/mol. The van der Waals surface area contributed by atoms with Gasteiger partial charge < -0.3 is 9.84 Å². The van der Waals surface area contributed by atoms with Crippen molar-refractivity contribution in [2.75, 3.05) is 7.11 Å². The minimum absolute atomic E-state index is 0.108. The van der Waals surface area contributed by atoms with E-state index in [1.165, 1.54) is 13.2 Å². The molecule has 0 atom stereocenters. The third-order valence-corrected chi connectivity index (χ3v) is 1.20. The Labute approximate surface area is 60.9 Å². The van der Waals surface area contributed by atoms with E-state index in [1.54, 1.807) is 12.1 Å². The second kappa shape index (κ2) is 2.65. The van der Waals surface area contributed by atoms with Crippen LogP contribution >= 0.6 is 0 Å². The van der Waals surface area contributed by atoms with Crippen LogP contribution in [0.25, 0.3) is 0 Å². The van der Waals surface area contributed by atoms with E-state index < -0.39 is 0 Å². The van der Waals surface area contributed by atoms with E-state index in [2.05, 4.69) is 0 Å². The van der Waals surface area contributed by atoms with Gasteiger partial charge in [-0.15, -0.1) is 0 Å². The van der Waals surface area contributed by atoms with Gasteiger partial charge in [0.05, 0.1) is 7.11 Å². The molecule has 1 aromatic rings. The topological polar surface area (TPSA) is 29.5 Å². The molecule has 0 saturated carbocycles. The SMILES string of the molecule is [B]c1ccc(O)c(OC)c1. The number of aromatic hydroxyl groups is 1. The minimum atomic E-state index is 0.108. The van der Waals surface area contributed by atoms with Gasteiger partial charge in [0, 0.05) is 0 Å². The highest BCUT2D eigenvalue weighted by atomic mass is 16.5. The minimum Gasteiger partial charge on any atom is -0.504 e. The summed E-state index contributed by atoms with van der Waals surface area (Å²) in [6.07, 6.45) is 0. The Hall–Kier alpha value is -1.12. The number of hydrogen-bond acceptors (Lipinski definition) is 2. The number of methoxy groups -OCH3 is 1. The molecule has 1 rings (SSSR count). The van der Waals surface area contributed by atoms with E-state index in [-0.39, 0.29) is 5.75 Å². The molecule has 0 aliphatic heterocycles. The molecule has 10 heavy (non-hydrogen) atoms. The maximum atomic E-state index is 9.05. The van der Waals surface area contributed by atoms with Crippen molar-refractivity contribution in [1.82, 2.24) is 0 Å². The molecule has 50 valence electrons. The van der Waals surface area contributed by atoms with Gasteiger partial charge in [-0.25, -0.2) is 0 Å². The van der Waals surface area contributed by atoms with Gasteiger partial charge in [0.25, 0.3) is 0 Å². The van der Waals surface area contributed by atoms with Gasteiger partial charge in [-0.2, -0.15) is 0 Å². The Morgan fingerprint density at radius 1 is 1.50 bits per heavy atom. The maximum Gasteiger partial charge on any atom is 0.159 e. The number of ether oxygens (including phenoxy) is 1. The molecule has 0 saturated heterocycles. The molecule has 0 aromatic heterocycles. The molecule has 3 heteroatoms. The van der Waals surface area contributed by atoms with Gasteiger partial charge in [-0.1, -0.05) is 11.5 Å². The van der Waals surface area contributed by atoms with Crippen LogP contribution in [-0.4, -0.2) is 20.1 Å². The Kier molecular flexibility index (Phi) is 1.85. The first-order valence-corrected chi connectivity index (χ1v) is 2.86. The second-order valence-electron chi connectivity index (χ2n) is 1.93. The summed E-state index contributed by atoms with van der Waals surface area (Å²) in [6, 6.07) is 4.67. The van der Waals surface area contributed by atoms with Crippen LogP contribution in [0.1, 0.15) is 0 Å². The van der Waals surface area contributed by atoms with Crippen molar-refractivity contribution in [2.45, 2.75) is 0 Å². The molecule has 0 heterocycles. The quantitative estimate of drug-likeness (QED) is 0.555. The van der Waals surface area contributed by atoms with Crippen molar-refractivity contribution >= 4 is 13.3 Å². The number of phenols is 1. The normalized spacial score (nSPS) is 9.30. The molecule has 0 aliphatic rings. The fourth-order valence-corrected chi connectivity index (χ4v) is 0.694. The number of phenolic OH excluding ortho intramolecular Hbond substituents is 1. The third-order valence-electron chi connectivity index (χ3n) is 1.20. The summed E-state index contributed by atoms with van der Waals surface area (Å²) in [5.41, 5.74) is 0.578. The molecular formula is C7H7BO2. The maximum absolute atomic E-state index is 9.05. The summed E-state index contributed by atoms with van der Waals surface area (Å²) in [5, 5.41) is 9.05. The van der Waals surface area contributed by atoms with Crippen LogP contribution in [0.15, 0.2) is 18.2 Å². The highest BCUT2D eigenvalue weighted by molar-refractivity contribution is 6.32. The molecule has 0 spiro atoms. The first-order chi connectivity index (χ1) is 4.74. The van der Waals surface area contributed by atoms with Gasteiger partial charge in [0.1, 0.15) is 7.85 Å². The molecule has 0 aliphatic carbocycles. The monoisotopic (exact) mass is 134 g/mol. The smallest absolute Gasteiger partial charge is 0.159 e. The molecule has 2 radical (unpaired) electrons. The molecule has 0 bridgehead atoms. The third kappa shape index (κ3) is 1.24. The van der Waals surface area contributed by atoms with Gasteiger partial charge >= 0.3 is 0 Å². The van der Waals surface area contributed by atoms with E-state index in [0.717, 1.165) is 0 Å². The van der Waals surface area contributed by atoms with E-state index in [1.807, 2.05) is 0 Å². The van der Waals surface area contributed by atoms with Crippen molar-refractivity contribution in [1.29, 1.82) is 0 Å². The molecule has 0 amide bonds. The summed E-state index contributed by atoms with van der Waals surface area (Å²) < 4.78 is 4.80. The molecule has 0 fully saturated rings. The van der Waals surface area contributed by atoms with Crippen LogP contribution in [0.4, 0.5) is 0 Å². The zero-order valence-corrected chi connectivity index (χ0v) is 5.66. The van der Waals surface area contributed by atoms with E-state index in [9.17, 15) is 0 Å². The second-order valence-corrected chi connectivity index (χ2v) is 1.93. The fourth-order valence-electron chi connectivity index (χ4n) is 0.694. The number of hydrogen-bond donors (Lipinski definition) is 1. The van der Waals surface area contributed by atoms with Crippen molar-refractivity contribution < 1.29 is 9.84 Å². The predicted octanol–water partition coefficient (Wildman–Crippen LogP) is 0.195. The highest BCUT2D eigenvalue weighted by Crippen LogP contribution is 2.21. The van der Waals surface area contributed by atoms with E-state index in [0.29, 0.717) is 11.2 Å². The van der Waals surface area contributed by atoms with E-state index >= 15 is 0 Å². The lowest BCUT2D eigenvalue weighted by Crippen LogP contribution is -2.00. The Morgan fingerprint density at radius 2 is 2.20 bits per heavy atom. The summed E-state index contributed by atoms with van der Waals surface area (Å²) in [5.74, 6) is 0.511. The van der Waals surface area contributed by atoms with Crippen LogP contribution in [0.3, 0.4) is 0 Å². The lowest BCUT2D eigenvalue weighted by atomic mass is 9.96. The first kappa shape index (κ1) is 7.00.